The van der Waals surface area contributed by atoms with Crippen LogP contribution in [0.1, 0.15) is 11.1 Å². The summed E-state index contributed by atoms with van der Waals surface area (Å²) in [5, 5.41) is 29.0. The maximum atomic E-state index is 12.8. The Morgan fingerprint density at radius 1 is 0.968 bits per heavy atom. The van der Waals surface area contributed by atoms with Crippen molar-refractivity contribution >= 4 is 11.2 Å². The van der Waals surface area contributed by atoms with Crippen molar-refractivity contribution in [3.8, 4) is 23.0 Å². The fourth-order valence-corrected chi connectivity index (χ4v) is 3.34. The number of phenolic OH excluding ortho intramolecular Hbond substituents is 3. The molecule has 0 amide bonds. The molecule has 0 aliphatic carbocycles. The van der Waals surface area contributed by atoms with Gasteiger partial charge in [-0.1, -0.05) is 12.1 Å². The van der Waals surface area contributed by atoms with Crippen LogP contribution in [-0.2, 0) is 20.1 Å². The third-order valence-electron chi connectivity index (χ3n) is 4.94. The smallest absolute Gasteiger partial charge is 0.332 e. The van der Waals surface area contributed by atoms with Crippen LogP contribution in [0.2, 0.25) is 0 Å². The Balaban J connectivity index is 1.81. The van der Waals surface area contributed by atoms with E-state index in [0.717, 1.165) is 4.57 Å². The minimum atomic E-state index is -0.600. The highest BCUT2D eigenvalue weighted by Crippen LogP contribution is 2.28. The van der Waals surface area contributed by atoms with Gasteiger partial charge in [0.25, 0.3) is 5.56 Å². The van der Waals surface area contributed by atoms with E-state index >= 15 is 0 Å². The van der Waals surface area contributed by atoms with Gasteiger partial charge in [0.15, 0.2) is 28.4 Å². The van der Waals surface area contributed by atoms with Gasteiger partial charge in [-0.3, -0.25) is 18.9 Å². The molecule has 11 heteroatoms. The molecule has 4 aromatic rings. The molecule has 0 unspecified atom stereocenters. The molecular formula is C20H17FN4O6. The van der Waals surface area contributed by atoms with Crippen molar-refractivity contribution in [2.45, 2.75) is 13.1 Å². The number of phenols is 3. The van der Waals surface area contributed by atoms with Crippen LogP contribution in [0.3, 0.4) is 0 Å². The molecule has 0 atom stereocenters. The second-order valence-electron chi connectivity index (χ2n) is 6.98. The van der Waals surface area contributed by atoms with Gasteiger partial charge in [-0.05, 0) is 35.4 Å². The van der Waals surface area contributed by atoms with E-state index in [1.165, 1.54) is 58.9 Å². The fourth-order valence-electron chi connectivity index (χ4n) is 3.34. The molecule has 2 aromatic heterocycles. The minimum Gasteiger partial charge on any atom is -0.504 e. The van der Waals surface area contributed by atoms with E-state index in [2.05, 4.69) is 9.93 Å². The van der Waals surface area contributed by atoms with Crippen molar-refractivity contribution < 1.29 is 24.8 Å². The van der Waals surface area contributed by atoms with E-state index in [0.29, 0.717) is 11.1 Å². The highest BCUT2D eigenvalue weighted by Gasteiger charge is 2.17. The van der Waals surface area contributed by atoms with Crippen LogP contribution in [0.15, 0.2) is 52.3 Å². The van der Waals surface area contributed by atoms with Gasteiger partial charge >= 0.3 is 5.69 Å². The lowest BCUT2D eigenvalue weighted by atomic mass is 10.2. The molecule has 160 valence electrons. The minimum absolute atomic E-state index is 0.00235. The van der Waals surface area contributed by atoms with Gasteiger partial charge in [0.2, 0.25) is 5.75 Å². The first-order chi connectivity index (χ1) is 14.8. The molecule has 0 saturated heterocycles. The largest absolute Gasteiger partial charge is 0.504 e. The second-order valence-corrected chi connectivity index (χ2v) is 6.98. The maximum Gasteiger partial charge on any atom is 0.332 e. The molecule has 0 bridgehead atoms. The number of aromatic hydroxyl groups is 3. The van der Waals surface area contributed by atoms with Gasteiger partial charge in [0, 0.05) is 18.1 Å². The molecule has 0 radical (unpaired) electrons. The summed E-state index contributed by atoms with van der Waals surface area (Å²) >= 11 is 0. The zero-order valence-electron chi connectivity index (χ0n) is 16.2. The monoisotopic (exact) mass is 428 g/mol. The normalized spacial score (nSPS) is 11.2. The lowest BCUT2D eigenvalue weighted by Crippen LogP contribution is -2.39. The van der Waals surface area contributed by atoms with Crippen molar-refractivity contribution in [2.75, 3.05) is 0 Å². The van der Waals surface area contributed by atoms with Gasteiger partial charge in [0.1, 0.15) is 0 Å². The van der Waals surface area contributed by atoms with E-state index in [1.54, 1.807) is 0 Å². The molecule has 2 aromatic carbocycles. The van der Waals surface area contributed by atoms with Crippen molar-refractivity contribution in [2.24, 2.45) is 7.05 Å². The van der Waals surface area contributed by atoms with Gasteiger partial charge in [-0.15, -0.1) is 0 Å². The molecule has 0 spiro atoms. The molecule has 0 aliphatic rings. The second kappa shape index (κ2) is 7.52. The number of imidazole rings is 1. The average Bonchev–Trinajstić information content (AvgIpc) is 3.15. The Bertz CT molecular complexity index is 1420. The zero-order chi connectivity index (χ0) is 22.3. The van der Waals surface area contributed by atoms with Crippen LogP contribution in [0, 0.1) is 0 Å². The number of halogens is 1. The maximum absolute atomic E-state index is 12.8. The highest BCUT2D eigenvalue weighted by molar-refractivity contribution is 5.70. The first kappa shape index (κ1) is 20.0. The number of benzene rings is 2. The molecule has 3 N–H and O–H groups in total. The van der Waals surface area contributed by atoms with E-state index in [9.17, 15) is 29.4 Å². The van der Waals surface area contributed by atoms with Crippen LogP contribution in [0.25, 0.3) is 11.2 Å². The van der Waals surface area contributed by atoms with Crippen molar-refractivity contribution in [3.63, 3.8) is 0 Å². The summed E-state index contributed by atoms with van der Waals surface area (Å²) in [6, 6.07) is 8.19. The number of rotatable bonds is 5. The summed E-state index contributed by atoms with van der Waals surface area (Å²) in [5.41, 5.74) is 0.177. The Labute approximate surface area is 173 Å². The lowest BCUT2D eigenvalue weighted by Gasteiger charge is -2.11. The van der Waals surface area contributed by atoms with Crippen LogP contribution < -0.4 is 16.2 Å². The number of nitrogens with zero attached hydrogens (tertiary/aromatic N) is 4. The third kappa shape index (κ3) is 3.45. The van der Waals surface area contributed by atoms with Gasteiger partial charge in [-0.25, -0.2) is 9.78 Å². The van der Waals surface area contributed by atoms with Crippen molar-refractivity contribution in [3.05, 3.63) is 74.7 Å². The third-order valence-corrected chi connectivity index (χ3v) is 4.94. The SMILES string of the molecule is Cn1c(=O)c2c(ncn2Cc2ccc(OF)c(O)c2)n(Cc2ccc(O)c(O)c2)c1=O. The Kier molecular flexibility index (Phi) is 4.85. The standard InChI is InChI=1S/C20H17FN4O6/c1-23-19(29)17-18(25(20(23)30)9-12-2-4-13(26)14(27)6-12)22-10-24(17)8-11-3-5-16(31-21)15(28)7-11/h2-7,10,26-28H,8-9H2,1H3. The van der Waals surface area contributed by atoms with Crippen LogP contribution in [0.5, 0.6) is 23.0 Å². The Morgan fingerprint density at radius 3 is 2.32 bits per heavy atom. The molecule has 31 heavy (non-hydrogen) atoms. The lowest BCUT2D eigenvalue weighted by molar-refractivity contribution is -0.00896. The van der Waals surface area contributed by atoms with E-state index < -0.39 is 17.0 Å². The summed E-state index contributed by atoms with van der Waals surface area (Å²) in [6.07, 6.45) is 1.38. The zero-order valence-corrected chi connectivity index (χ0v) is 16.2. The first-order valence-corrected chi connectivity index (χ1v) is 9.06. The number of fused-ring (bicyclic) bond motifs is 1. The molecular weight excluding hydrogens is 411 g/mol. The Hall–Kier alpha value is -4.28. The molecule has 4 rings (SSSR count). The van der Waals surface area contributed by atoms with E-state index in [1.807, 2.05) is 0 Å². The molecule has 0 aliphatic heterocycles. The van der Waals surface area contributed by atoms with Crippen molar-refractivity contribution in [1.82, 2.24) is 18.7 Å². The van der Waals surface area contributed by atoms with E-state index in [4.69, 9.17) is 0 Å². The molecule has 10 nitrogen and oxygen atoms in total. The predicted octanol–water partition coefficient (Wildman–Crippen LogP) is 1.37. The van der Waals surface area contributed by atoms with Crippen LogP contribution >= 0.6 is 0 Å². The van der Waals surface area contributed by atoms with Gasteiger partial charge in [-0.2, -0.15) is 0 Å². The summed E-state index contributed by atoms with van der Waals surface area (Å²) in [6.45, 7) is 0.113. The quantitative estimate of drug-likeness (QED) is 0.409. The molecule has 0 fully saturated rings. The average molecular weight is 428 g/mol. The summed E-state index contributed by atoms with van der Waals surface area (Å²) < 4.78 is 16.1. The number of hydrogen-bond donors (Lipinski definition) is 3. The summed E-state index contributed by atoms with van der Waals surface area (Å²) in [5.74, 6) is -1.36. The van der Waals surface area contributed by atoms with Crippen LogP contribution in [-0.4, -0.2) is 34.0 Å². The number of aromatic nitrogens is 4. The first-order valence-electron chi connectivity index (χ1n) is 9.06. The topological polar surface area (TPSA) is 132 Å². The number of hydrogen-bond acceptors (Lipinski definition) is 7. The highest BCUT2D eigenvalue weighted by atomic mass is 19.3. The molecule has 0 saturated carbocycles. The Morgan fingerprint density at radius 2 is 1.65 bits per heavy atom. The fraction of sp³-hybridized carbons (Fsp3) is 0.150. The predicted molar refractivity (Wildman–Crippen MR) is 107 cm³/mol. The van der Waals surface area contributed by atoms with E-state index in [-0.39, 0.29) is 41.5 Å². The van der Waals surface area contributed by atoms with Crippen LogP contribution in [0.4, 0.5) is 4.53 Å². The summed E-state index contributed by atoms with van der Waals surface area (Å²) in [7, 11) is 1.34. The van der Waals surface area contributed by atoms with Gasteiger partial charge < -0.3 is 19.9 Å². The van der Waals surface area contributed by atoms with Gasteiger partial charge in [0.05, 0.1) is 12.9 Å². The molecule has 2 heterocycles. The summed E-state index contributed by atoms with van der Waals surface area (Å²) in [4.78, 5) is 33.3. The van der Waals surface area contributed by atoms with Crippen molar-refractivity contribution in [1.29, 1.82) is 0 Å².